The van der Waals surface area contributed by atoms with Gasteiger partial charge < -0.3 is 15.2 Å². The third kappa shape index (κ3) is 4.13. The molecule has 0 aliphatic carbocycles. The number of halogens is 1. The lowest BCUT2D eigenvalue weighted by Crippen LogP contribution is -2.46. The lowest BCUT2D eigenvalue weighted by atomic mass is 9.85. The van der Waals surface area contributed by atoms with E-state index in [4.69, 9.17) is 16.3 Å². The highest BCUT2D eigenvalue weighted by molar-refractivity contribution is 6.30. The van der Waals surface area contributed by atoms with Crippen LogP contribution in [-0.4, -0.2) is 23.3 Å². The summed E-state index contributed by atoms with van der Waals surface area (Å²) in [5, 5.41) is 12.6. The molecule has 5 heteroatoms. The van der Waals surface area contributed by atoms with Crippen LogP contribution in [-0.2, 0) is 18.3 Å². The maximum atomic E-state index is 11.3. The number of fused-ring (bicyclic) bond motifs is 1. The van der Waals surface area contributed by atoms with Crippen molar-refractivity contribution in [2.24, 2.45) is 0 Å². The smallest absolute Gasteiger partial charge is 0.405 e. The molecule has 138 valence electrons. The van der Waals surface area contributed by atoms with Gasteiger partial charge in [-0.2, -0.15) is 0 Å². The van der Waals surface area contributed by atoms with E-state index in [1.807, 2.05) is 42.5 Å². The van der Waals surface area contributed by atoms with Crippen LogP contribution < -0.4 is 10.1 Å². The van der Waals surface area contributed by atoms with E-state index in [1.54, 1.807) is 0 Å². The maximum Gasteiger partial charge on any atom is 0.405 e. The Morgan fingerprint density at radius 1 is 1.31 bits per heavy atom. The highest BCUT2D eigenvalue weighted by Crippen LogP contribution is 2.42. The second kappa shape index (κ2) is 7.20. The van der Waals surface area contributed by atoms with Crippen molar-refractivity contribution in [2.45, 2.75) is 51.2 Å². The molecule has 2 aromatic carbocycles. The van der Waals surface area contributed by atoms with E-state index in [9.17, 15) is 9.90 Å². The van der Waals surface area contributed by atoms with E-state index in [1.165, 1.54) is 0 Å². The molecule has 1 aliphatic heterocycles. The third-order valence-electron chi connectivity index (χ3n) is 4.69. The van der Waals surface area contributed by atoms with E-state index in [2.05, 4.69) is 26.1 Å². The molecule has 0 spiro atoms. The van der Waals surface area contributed by atoms with Gasteiger partial charge in [-0.05, 0) is 35.1 Å². The Kier molecular flexibility index (Phi) is 5.15. The summed E-state index contributed by atoms with van der Waals surface area (Å²) < 4.78 is 6.27. The first-order valence-electron chi connectivity index (χ1n) is 8.77. The van der Waals surface area contributed by atoms with Crippen LogP contribution >= 0.6 is 11.6 Å². The van der Waals surface area contributed by atoms with E-state index in [0.29, 0.717) is 17.9 Å². The molecule has 1 amide bonds. The van der Waals surface area contributed by atoms with Gasteiger partial charge in [0.1, 0.15) is 11.9 Å². The van der Waals surface area contributed by atoms with Crippen molar-refractivity contribution in [1.82, 2.24) is 5.32 Å². The highest BCUT2D eigenvalue weighted by Gasteiger charge is 2.35. The number of carboxylic acid groups (broad SMARTS) is 1. The maximum absolute atomic E-state index is 11.3. The average Bonchev–Trinajstić information content (AvgIpc) is 2.96. The molecule has 0 aromatic heterocycles. The van der Waals surface area contributed by atoms with Crippen molar-refractivity contribution in [2.75, 3.05) is 0 Å². The summed E-state index contributed by atoms with van der Waals surface area (Å²) in [5.74, 6) is 0.845. The van der Waals surface area contributed by atoms with Gasteiger partial charge in [0.2, 0.25) is 0 Å². The topological polar surface area (TPSA) is 58.6 Å². The molecule has 0 saturated carbocycles. The first-order valence-corrected chi connectivity index (χ1v) is 9.15. The number of ether oxygens (including phenoxy) is 1. The fourth-order valence-electron chi connectivity index (χ4n) is 3.43. The van der Waals surface area contributed by atoms with E-state index in [-0.39, 0.29) is 17.6 Å². The molecule has 0 bridgehead atoms. The highest BCUT2D eigenvalue weighted by atomic mass is 35.5. The van der Waals surface area contributed by atoms with Gasteiger partial charge in [0, 0.05) is 17.0 Å². The molecule has 1 aliphatic rings. The number of hydrogen-bond donors (Lipinski definition) is 2. The van der Waals surface area contributed by atoms with E-state index >= 15 is 0 Å². The van der Waals surface area contributed by atoms with Gasteiger partial charge in [0.25, 0.3) is 0 Å². The number of hydrogen-bond acceptors (Lipinski definition) is 2. The summed E-state index contributed by atoms with van der Waals surface area (Å²) in [4.78, 5) is 11.3. The molecule has 0 fully saturated rings. The molecule has 4 nitrogen and oxygen atoms in total. The SMILES string of the molecule is CC(C)(C)c1cc(Cl)cc2c1OC(C(Cc1ccccc1)NC(=O)O)C2. The van der Waals surface area contributed by atoms with Crippen molar-refractivity contribution in [1.29, 1.82) is 0 Å². The summed E-state index contributed by atoms with van der Waals surface area (Å²) in [6.07, 6.45) is -0.0957. The lowest BCUT2D eigenvalue weighted by molar-refractivity contribution is 0.152. The van der Waals surface area contributed by atoms with Crippen LogP contribution in [0, 0.1) is 0 Å². The fourth-order valence-corrected chi connectivity index (χ4v) is 3.68. The molecule has 1 heterocycles. The van der Waals surface area contributed by atoms with Gasteiger partial charge in [-0.3, -0.25) is 0 Å². The Hall–Kier alpha value is -2.20. The van der Waals surface area contributed by atoms with Crippen LogP contribution in [0.1, 0.15) is 37.5 Å². The Labute approximate surface area is 159 Å². The quantitative estimate of drug-likeness (QED) is 0.807. The molecule has 26 heavy (non-hydrogen) atoms. The Balaban J connectivity index is 1.89. The molecule has 2 atom stereocenters. The summed E-state index contributed by atoms with van der Waals surface area (Å²) in [6, 6.07) is 13.4. The number of rotatable bonds is 4. The number of benzene rings is 2. The van der Waals surface area contributed by atoms with Crippen molar-refractivity contribution in [3.63, 3.8) is 0 Å². The first kappa shape index (κ1) is 18.6. The summed E-state index contributed by atoms with van der Waals surface area (Å²) in [7, 11) is 0. The number of nitrogens with one attached hydrogen (secondary N) is 1. The van der Waals surface area contributed by atoms with Crippen LogP contribution in [0.4, 0.5) is 4.79 Å². The zero-order valence-electron chi connectivity index (χ0n) is 15.3. The number of amides is 1. The third-order valence-corrected chi connectivity index (χ3v) is 4.90. The zero-order valence-corrected chi connectivity index (χ0v) is 16.0. The molecule has 3 rings (SSSR count). The predicted octanol–water partition coefficient (Wildman–Crippen LogP) is 4.82. The minimum Gasteiger partial charge on any atom is -0.487 e. The molecule has 2 aromatic rings. The Morgan fingerprint density at radius 2 is 2.00 bits per heavy atom. The second-order valence-electron chi connectivity index (χ2n) is 7.80. The van der Waals surface area contributed by atoms with Crippen LogP contribution in [0.2, 0.25) is 5.02 Å². The molecular formula is C21H24ClNO3. The average molecular weight is 374 g/mol. The van der Waals surface area contributed by atoms with Gasteiger partial charge in [-0.15, -0.1) is 0 Å². The van der Waals surface area contributed by atoms with Gasteiger partial charge in [0.15, 0.2) is 0 Å². The van der Waals surface area contributed by atoms with Crippen LogP contribution in [0.5, 0.6) is 5.75 Å². The summed E-state index contributed by atoms with van der Waals surface area (Å²) >= 11 is 6.31. The molecule has 0 radical (unpaired) electrons. The lowest BCUT2D eigenvalue weighted by Gasteiger charge is -2.26. The fraction of sp³-hybridized carbons (Fsp3) is 0.381. The molecule has 2 unspecified atom stereocenters. The Bertz CT molecular complexity index is 799. The number of carbonyl (C=O) groups is 1. The Morgan fingerprint density at radius 3 is 2.62 bits per heavy atom. The largest absolute Gasteiger partial charge is 0.487 e. The van der Waals surface area contributed by atoms with Crippen molar-refractivity contribution >= 4 is 17.7 Å². The normalized spacial score (nSPS) is 17.3. The summed E-state index contributed by atoms with van der Waals surface area (Å²) in [6.45, 7) is 6.35. The zero-order chi connectivity index (χ0) is 18.9. The summed E-state index contributed by atoms with van der Waals surface area (Å²) in [5.41, 5.74) is 3.05. The predicted molar refractivity (Wildman–Crippen MR) is 103 cm³/mol. The van der Waals surface area contributed by atoms with Crippen molar-refractivity contribution < 1.29 is 14.6 Å². The van der Waals surface area contributed by atoms with Gasteiger partial charge >= 0.3 is 6.09 Å². The molecule has 2 N–H and O–H groups in total. The van der Waals surface area contributed by atoms with E-state index < -0.39 is 6.09 Å². The minimum atomic E-state index is -1.04. The second-order valence-corrected chi connectivity index (χ2v) is 8.23. The van der Waals surface area contributed by atoms with Crippen molar-refractivity contribution in [3.05, 3.63) is 64.2 Å². The van der Waals surface area contributed by atoms with Crippen LogP contribution in [0.25, 0.3) is 0 Å². The monoisotopic (exact) mass is 373 g/mol. The molecule has 0 saturated heterocycles. The van der Waals surface area contributed by atoms with Gasteiger partial charge in [0.05, 0.1) is 6.04 Å². The minimum absolute atomic E-state index is 0.112. The van der Waals surface area contributed by atoms with E-state index in [0.717, 1.165) is 22.4 Å². The van der Waals surface area contributed by atoms with Crippen LogP contribution in [0.15, 0.2) is 42.5 Å². The standard InChI is InChI=1S/C21H24ClNO3/c1-21(2,3)16-12-15(22)10-14-11-18(26-19(14)16)17(23-20(24)25)9-13-7-5-4-6-8-13/h4-8,10,12,17-18,23H,9,11H2,1-3H3,(H,24,25). The van der Waals surface area contributed by atoms with Gasteiger partial charge in [-0.1, -0.05) is 62.7 Å². The first-order chi connectivity index (χ1) is 12.2. The van der Waals surface area contributed by atoms with Gasteiger partial charge in [-0.25, -0.2) is 4.79 Å². The molecular weight excluding hydrogens is 350 g/mol. The van der Waals surface area contributed by atoms with Crippen molar-refractivity contribution in [3.8, 4) is 5.75 Å². The van der Waals surface area contributed by atoms with Crippen LogP contribution in [0.3, 0.4) is 0 Å².